The molecule has 0 spiro atoms. The Labute approximate surface area is 101 Å². The molecule has 90 valence electrons. The molecule has 3 nitrogen and oxygen atoms in total. The lowest BCUT2D eigenvalue weighted by molar-refractivity contribution is 0.108. The van der Waals surface area contributed by atoms with E-state index in [1.165, 1.54) is 5.56 Å². The molecular weight excluding hydrogens is 214 g/mol. The minimum Gasteiger partial charge on any atom is -0.467 e. The van der Waals surface area contributed by atoms with E-state index in [1.54, 1.807) is 6.26 Å². The zero-order valence-corrected chi connectivity index (χ0v) is 9.76. The molecule has 0 radical (unpaired) electrons. The summed E-state index contributed by atoms with van der Waals surface area (Å²) in [7, 11) is 0. The molecule has 3 heteroatoms. The summed E-state index contributed by atoms with van der Waals surface area (Å²) < 4.78 is 10.9. The minimum atomic E-state index is 0.492. The Morgan fingerprint density at radius 2 is 1.94 bits per heavy atom. The first-order valence-corrected chi connectivity index (χ1v) is 5.77. The van der Waals surface area contributed by atoms with Crippen molar-refractivity contribution >= 4 is 0 Å². The van der Waals surface area contributed by atoms with Gasteiger partial charge in [-0.2, -0.15) is 0 Å². The number of ether oxygens (including phenoxy) is 1. The zero-order chi connectivity index (χ0) is 11.9. The van der Waals surface area contributed by atoms with E-state index in [1.807, 2.05) is 24.3 Å². The van der Waals surface area contributed by atoms with Crippen LogP contribution in [0.15, 0.2) is 47.1 Å². The highest BCUT2D eigenvalue weighted by atomic mass is 16.5. The van der Waals surface area contributed by atoms with Crippen LogP contribution in [0.25, 0.3) is 0 Å². The standard InChI is InChI=1S/C14H17NO2/c15-10-13-7-9-17-14(13)11-16-8-6-12-4-2-1-3-5-12/h1-5,7,9H,6,8,10-11,15H2. The van der Waals surface area contributed by atoms with E-state index < -0.39 is 0 Å². The lowest BCUT2D eigenvalue weighted by Gasteiger charge is -2.04. The largest absolute Gasteiger partial charge is 0.467 e. The Hall–Kier alpha value is -1.58. The van der Waals surface area contributed by atoms with Crippen molar-refractivity contribution in [2.75, 3.05) is 6.61 Å². The van der Waals surface area contributed by atoms with Gasteiger partial charge in [0, 0.05) is 12.1 Å². The van der Waals surface area contributed by atoms with Gasteiger partial charge in [0.05, 0.1) is 12.9 Å². The lowest BCUT2D eigenvalue weighted by atomic mass is 10.2. The van der Waals surface area contributed by atoms with E-state index in [-0.39, 0.29) is 0 Å². The summed E-state index contributed by atoms with van der Waals surface area (Å²) in [6.07, 6.45) is 2.57. The van der Waals surface area contributed by atoms with Crippen LogP contribution in [0.5, 0.6) is 0 Å². The summed E-state index contributed by atoms with van der Waals surface area (Å²) in [5, 5.41) is 0. The fraction of sp³-hybridized carbons (Fsp3) is 0.286. The third kappa shape index (κ3) is 3.44. The van der Waals surface area contributed by atoms with Gasteiger partial charge >= 0.3 is 0 Å². The summed E-state index contributed by atoms with van der Waals surface area (Å²) in [5.74, 6) is 0.834. The van der Waals surface area contributed by atoms with Gasteiger partial charge in [-0.15, -0.1) is 0 Å². The van der Waals surface area contributed by atoms with Gasteiger partial charge in [0.25, 0.3) is 0 Å². The molecule has 0 aliphatic carbocycles. The molecule has 0 bridgehead atoms. The summed E-state index contributed by atoms with van der Waals surface area (Å²) >= 11 is 0. The van der Waals surface area contributed by atoms with Crippen molar-refractivity contribution in [3.8, 4) is 0 Å². The van der Waals surface area contributed by atoms with Crippen LogP contribution in [-0.4, -0.2) is 6.61 Å². The van der Waals surface area contributed by atoms with Crippen molar-refractivity contribution in [2.45, 2.75) is 19.6 Å². The van der Waals surface area contributed by atoms with Crippen molar-refractivity contribution in [1.82, 2.24) is 0 Å². The molecule has 0 atom stereocenters. The number of nitrogens with two attached hydrogens (primary N) is 1. The van der Waals surface area contributed by atoms with Gasteiger partial charge in [-0.3, -0.25) is 0 Å². The molecule has 1 aromatic carbocycles. The summed E-state index contributed by atoms with van der Waals surface area (Å²) in [4.78, 5) is 0. The Bertz CT molecular complexity index is 436. The summed E-state index contributed by atoms with van der Waals surface area (Å²) in [6, 6.07) is 12.2. The van der Waals surface area contributed by atoms with E-state index in [4.69, 9.17) is 14.9 Å². The quantitative estimate of drug-likeness (QED) is 0.777. The van der Waals surface area contributed by atoms with Crippen molar-refractivity contribution < 1.29 is 9.15 Å². The molecule has 2 aromatic rings. The van der Waals surface area contributed by atoms with Gasteiger partial charge in [0.1, 0.15) is 12.4 Å². The first kappa shape index (κ1) is 11.9. The normalized spacial score (nSPS) is 10.6. The molecule has 1 aromatic heterocycles. The van der Waals surface area contributed by atoms with Crippen molar-refractivity contribution in [1.29, 1.82) is 0 Å². The van der Waals surface area contributed by atoms with Crippen LogP contribution in [-0.2, 0) is 24.3 Å². The number of hydrogen-bond donors (Lipinski definition) is 1. The topological polar surface area (TPSA) is 48.4 Å². The predicted octanol–water partition coefficient (Wildman–Crippen LogP) is 2.50. The van der Waals surface area contributed by atoms with E-state index >= 15 is 0 Å². The molecule has 0 aliphatic rings. The predicted molar refractivity (Wildman–Crippen MR) is 66.4 cm³/mol. The first-order valence-electron chi connectivity index (χ1n) is 5.77. The number of hydrogen-bond acceptors (Lipinski definition) is 3. The maximum Gasteiger partial charge on any atom is 0.133 e. The fourth-order valence-corrected chi connectivity index (χ4v) is 1.68. The van der Waals surface area contributed by atoms with Crippen LogP contribution >= 0.6 is 0 Å². The molecule has 2 N–H and O–H groups in total. The van der Waals surface area contributed by atoms with Crippen LogP contribution in [0, 0.1) is 0 Å². The Balaban J connectivity index is 1.73. The monoisotopic (exact) mass is 231 g/mol. The zero-order valence-electron chi connectivity index (χ0n) is 9.76. The second kappa shape index (κ2) is 6.23. The van der Waals surface area contributed by atoms with Gasteiger partial charge in [-0.25, -0.2) is 0 Å². The molecule has 2 rings (SSSR count). The first-order chi connectivity index (χ1) is 8.40. The molecule has 0 saturated carbocycles. The summed E-state index contributed by atoms with van der Waals surface area (Å²) in [5.41, 5.74) is 7.88. The molecule has 0 fully saturated rings. The average Bonchev–Trinajstić information content (AvgIpc) is 2.83. The third-order valence-corrected chi connectivity index (χ3v) is 2.67. The number of benzene rings is 1. The molecule has 17 heavy (non-hydrogen) atoms. The fourth-order valence-electron chi connectivity index (χ4n) is 1.68. The van der Waals surface area contributed by atoms with Crippen LogP contribution in [0.2, 0.25) is 0 Å². The molecule has 0 unspecified atom stereocenters. The third-order valence-electron chi connectivity index (χ3n) is 2.67. The van der Waals surface area contributed by atoms with E-state index in [9.17, 15) is 0 Å². The molecule has 0 amide bonds. The number of furan rings is 1. The highest BCUT2D eigenvalue weighted by molar-refractivity contribution is 5.16. The van der Waals surface area contributed by atoms with Gasteiger partial charge in [0.15, 0.2) is 0 Å². The van der Waals surface area contributed by atoms with Crippen molar-refractivity contribution in [3.05, 3.63) is 59.5 Å². The van der Waals surface area contributed by atoms with Gasteiger partial charge in [-0.1, -0.05) is 30.3 Å². The Kier molecular flexibility index (Phi) is 4.36. The van der Waals surface area contributed by atoms with E-state index in [2.05, 4.69) is 12.1 Å². The van der Waals surface area contributed by atoms with Crippen LogP contribution in [0.1, 0.15) is 16.9 Å². The maximum absolute atomic E-state index is 5.58. The molecule has 1 heterocycles. The number of rotatable bonds is 6. The molecule has 0 aliphatic heterocycles. The van der Waals surface area contributed by atoms with Gasteiger partial charge in [0.2, 0.25) is 0 Å². The van der Waals surface area contributed by atoms with E-state index in [0.29, 0.717) is 19.8 Å². The highest BCUT2D eigenvalue weighted by Crippen LogP contribution is 2.11. The molecule has 0 saturated heterocycles. The van der Waals surface area contributed by atoms with Crippen LogP contribution in [0.4, 0.5) is 0 Å². The highest BCUT2D eigenvalue weighted by Gasteiger charge is 2.04. The minimum absolute atomic E-state index is 0.492. The Morgan fingerprint density at radius 1 is 1.12 bits per heavy atom. The second-order valence-corrected chi connectivity index (χ2v) is 3.86. The Morgan fingerprint density at radius 3 is 2.71 bits per heavy atom. The maximum atomic E-state index is 5.58. The molecular formula is C14H17NO2. The smallest absolute Gasteiger partial charge is 0.133 e. The van der Waals surface area contributed by atoms with Crippen LogP contribution < -0.4 is 5.73 Å². The average molecular weight is 231 g/mol. The van der Waals surface area contributed by atoms with Crippen molar-refractivity contribution in [3.63, 3.8) is 0 Å². The van der Waals surface area contributed by atoms with Gasteiger partial charge in [-0.05, 0) is 18.1 Å². The summed E-state index contributed by atoms with van der Waals surface area (Å²) in [6.45, 7) is 1.68. The van der Waals surface area contributed by atoms with E-state index in [0.717, 1.165) is 17.7 Å². The SMILES string of the molecule is NCc1ccoc1COCCc1ccccc1. The van der Waals surface area contributed by atoms with Crippen LogP contribution in [0.3, 0.4) is 0 Å². The lowest BCUT2D eigenvalue weighted by Crippen LogP contribution is -2.02. The van der Waals surface area contributed by atoms with Gasteiger partial charge < -0.3 is 14.9 Å². The van der Waals surface area contributed by atoms with Crippen molar-refractivity contribution in [2.24, 2.45) is 5.73 Å². The second-order valence-electron chi connectivity index (χ2n) is 3.86.